The first-order valence-corrected chi connectivity index (χ1v) is 5.44. The number of benzene rings is 1. The zero-order valence-electron chi connectivity index (χ0n) is 9.51. The topological polar surface area (TPSA) is 48.3 Å². The molecule has 1 aromatic carbocycles. The van der Waals surface area contributed by atoms with E-state index in [4.69, 9.17) is 9.47 Å². The molecule has 0 unspecified atom stereocenters. The van der Waals surface area contributed by atoms with Crippen molar-refractivity contribution in [2.75, 3.05) is 19.2 Å². The molecule has 5 heteroatoms. The van der Waals surface area contributed by atoms with Crippen LogP contribution in [0.5, 0.6) is 11.5 Å². The third-order valence-corrected chi connectivity index (χ3v) is 2.70. The van der Waals surface area contributed by atoms with Crippen LogP contribution in [-0.2, 0) is 6.54 Å². The van der Waals surface area contributed by atoms with Gasteiger partial charge in [-0.1, -0.05) is 6.07 Å². The van der Waals surface area contributed by atoms with Gasteiger partial charge in [-0.25, -0.2) is 0 Å². The lowest BCUT2D eigenvalue weighted by Crippen LogP contribution is -1.99. The smallest absolute Gasteiger partial charge is 0.231 e. The molecule has 17 heavy (non-hydrogen) atoms. The van der Waals surface area contributed by atoms with Crippen molar-refractivity contribution < 1.29 is 9.47 Å². The number of hydrogen-bond acceptors (Lipinski definition) is 4. The fourth-order valence-corrected chi connectivity index (χ4v) is 1.81. The molecule has 0 saturated carbocycles. The third kappa shape index (κ3) is 1.91. The van der Waals surface area contributed by atoms with Crippen LogP contribution in [0.2, 0.25) is 0 Å². The number of nitrogens with zero attached hydrogens (tertiary/aromatic N) is 2. The Hall–Kier alpha value is -2.17. The summed E-state index contributed by atoms with van der Waals surface area (Å²) in [5.74, 6) is 1.62. The molecular formula is C12H13N3O2. The molecule has 0 bridgehead atoms. The maximum atomic E-state index is 5.34. The molecule has 2 heterocycles. The third-order valence-electron chi connectivity index (χ3n) is 2.70. The van der Waals surface area contributed by atoms with Gasteiger partial charge in [0.25, 0.3) is 0 Å². The molecule has 0 fully saturated rings. The van der Waals surface area contributed by atoms with Crippen LogP contribution in [0, 0.1) is 0 Å². The lowest BCUT2D eigenvalue weighted by molar-refractivity contribution is 0.174. The number of ether oxygens (including phenoxy) is 2. The summed E-state index contributed by atoms with van der Waals surface area (Å²) in [5, 5.41) is 7.30. The monoisotopic (exact) mass is 231 g/mol. The van der Waals surface area contributed by atoms with Gasteiger partial charge in [0.15, 0.2) is 11.5 Å². The Labute approximate surface area is 99.0 Å². The number of rotatable bonds is 3. The second-order valence-corrected chi connectivity index (χ2v) is 3.86. The van der Waals surface area contributed by atoms with Gasteiger partial charge in [-0.2, -0.15) is 5.10 Å². The first kappa shape index (κ1) is 10.0. The summed E-state index contributed by atoms with van der Waals surface area (Å²) in [5.41, 5.74) is 2.14. The average molecular weight is 231 g/mol. The number of hydrogen-bond donors (Lipinski definition) is 1. The average Bonchev–Trinajstić information content (AvgIpc) is 2.96. The molecule has 0 atom stereocenters. The van der Waals surface area contributed by atoms with E-state index in [9.17, 15) is 0 Å². The van der Waals surface area contributed by atoms with Crippen LogP contribution >= 0.6 is 0 Å². The molecule has 0 spiro atoms. The van der Waals surface area contributed by atoms with Gasteiger partial charge < -0.3 is 14.8 Å². The van der Waals surface area contributed by atoms with Crippen LogP contribution in [-0.4, -0.2) is 23.6 Å². The van der Waals surface area contributed by atoms with E-state index in [0.717, 1.165) is 29.3 Å². The summed E-state index contributed by atoms with van der Waals surface area (Å²) in [6, 6.07) is 5.94. The molecule has 88 valence electrons. The largest absolute Gasteiger partial charge is 0.454 e. The van der Waals surface area contributed by atoms with Crippen molar-refractivity contribution >= 4 is 5.69 Å². The molecule has 1 aromatic heterocycles. The maximum absolute atomic E-state index is 5.34. The maximum Gasteiger partial charge on any atom is 0.231 e. The Morgan fingerprint density at radius 2 is 2.24 bits per heavy atom. The Balaban J connectivity index is 1.80. The first-order chi connectivity index (χ1) is 8.35. The van der Waals surface area contributed by atoms with Crippen molar-refractivity contribution in [1.29, 1.82) is 0 Å². The summed E-state index contributed by atoms with van der Waals surface area (Å²) in [7, 11) is 1.88. The van der Waals surface area contributed by atoms with Gasteiger partial charge in [-0.15, -0.1) is 0 Å². The first-order valence-electron chi connectivity index (χ1n) is 5.44. The van der Waals surface area contributed by atoms with Gasteiger partial charge in [-0.05, 0) is 17.7 Å². The molecule has 5 nitrogen and oxygen atoms in total. The van der Waals surface area contributed by atoms with Crippen molar-refractivity contribution in [1.82, 2.24) is 9.78 Å². The minimum atomic E-state index is 0.310. The van der Waals surface area contributed by atoms with Crippen LogP contribution in [0.3, 0.4) is 0 Å². The van der Waals surface area contributed by atoms with E-state index in [1.165, 1.54) is 0 Å². The number of fused-ring (bicyclic) bond motifs is 1. The molecule has 2 aromatic rings. The van der Waals surface area contributed by atoms with E-state index < -0.39 is 0 Å². The molecule has 1 aliphatic heterocycles. The minimum Gasteiger partial charge on any atom is -0.454 e. The Kier molecular flexibility index (Phi) is 2.36. The van der Waals surface area contributed by atoms with Gasteiger partial charge in [0.05, 0.1) is 18.4 Å². The van der Waals surface area contributed by atoms with Crippen molar-refractivity contribution in [3.8, 4) is 11.5 Å². The Morgan fingerprint density at radius 1 is 1.35 bits per heavy atom. The fraction of sp³-hybridized carbons (Fsp3) is 0.250. The second-order valence-electron chi connectivity index (χ2n) is 3.86. The minimum absolute atomic E-state index is 0.310. The van der Waals surface area contributed by atoms with Crippen LogP contribution in [0.4, 0.5) is 5.69 Å². The normalized spacial score (nSPS) is 12.8. The SMILES string of the molecule is CNc1cnn(Cc2ccc3c(c2)OCO3)c1. The van der Waals surface area contributed by atoms with Gasteiger partial charge in [0.2, 0.25) is 6.79 Å². The Morgan fingerprint density at radius 3 is 3.06 bits per heavy atom. The predicted octanol–water partition coefficient (Wildman–Crippen LogP) is 1.70. The molecular weight excluding hydrogens is 218 g/mol. The van der Waals surface area contributed by atoms with Crippen molar-refractivity contribution in [2.45, 2.75) is 6.54 Å². The van der Waals surface area contributed by atoms with E-state index >= 15 is 0 Å². The zero-order valence-corrected chi connectivity index (χ0v) is 9.51. The standard InChI is InChI=1S/C12H13N3O2/c1-13-10-5-14-15(7-10)6-9-2-3-11-12(4-9)17-8-16-11/h2-5,7,13H,6,8H2,1H3. The lowest BCUT2D eigenvalue weighted by atomic mass is 10.2. The summed E-state index contributed by atoms with van der Waals surface area (Å²) in [6.07, 6.45) is 3.76. The highest BCUT2D eigenvalue weighted by molar-refractivity contribution is 5.44. The molecule has 3 rings (SSSR count). The predicted molar refractivity (Wildman–Crippen MR) is 63.4 cm³/mol. The Bertz CT molecular complexity index is 536. The summed E-state index contributed by atoms with van der Waals surface area (Å²) < 4.78 is 12.5. The van der Waals surface area contributed by atoms with Crippen LogP contribution in [0.25, 0.3) is 0 Å². The van der Waals surface area contributed by atoms with Gasteiger partial charge in [-0.3, -0.25) is 4.68 Å². The van der Waals surface area contributed by atoms with Gasteiger partial charge in [0, 0.05) is 13.2 Å². The van der Waals surface area contributed by atoms with Crippen molar-refractivity contribution in [3.05, 3.63) is 36.2 Å². The summed E-state index contributed by atoms with van der Waals surface area (Å²) in [6.45, 7) is 1.03. The quantitative estimate of drug-likeness (QED) is 0.873. The van der Waals surface area contributed by atoms with Crippen molar-refractivity contribution in [2.24, 2.45) is 0 Å². The number of anilines is 1. The summed E-state index contributed by atoms with van der Waals surface area (Å²) >= 11 is 0. The van der Waals surface area contributed by atoms with Gasteiger partial charge >= 0.3 is 0 Å². The van der Waals surface area contributed by atoms with Crippen LogP contribution in [0.15, 0.2) is 30.6 Å². The fourth-order valence-electron chi connectivity index (χ4n) is 1.81. The van der Waals surface area contributed by atoms with E-state index in [-0.39, 0.29) is 0 Å². The second kappa shape index (κ2) is 4.01. The molecule has 1 aliphatic rings. The zero-order chi connectivity index (χ0) is 11.7. The molecule has 1 N–H and O–H groups in total. The number of aromatic nitrogens is 2. The molecule has 0 amide bonds. The molecule has 0 radical (unpaired) electrons. The number of nitrogens with one attached hydrogen (secondary N) is 1. The van der Waals surface area contributed by atoms with E-state index in [2.05, 4.69) is 10.4 Å². The van der Waals surface area contributed by atoms with Crippen LogP contribution in [0.1, 0.15) is 5.56 Å². The molecule has 0 aliphatic carbocycles. The lowest BCUT2D eigenvalue weighted by Gasteiger charge is -2.03. The highest BCUT2D eigenvalue weighted by Crippen LogP contribution is 2.32. The molecule has 0 saturated heterocycles. The summed E-state index contributed by atoms with van der Waals surface area (Å²) in [4.78, 5) is 0. The highest BCUT2D eigenvalue weighted by Gasteiger charge is 2.13. The van der Waals surface area contributed by atoms with Crippen molar-refractivity contribution in [3.63, 3.8) is 0 Å². The highest BCUT2D eigenvalue weighted by atomic mass is 16.7. The van der Waals surface area contributed by atoms with E-state index in [1.54, 1.807) is 6.20 Å². The van der Waals surface area contributed by atoms with Crippen LogP contribution < -0.4 is 14.8 Å². The van der Waals surface area contributed by atoms with Gasteiger partial charge in [0.1, 0.15) is 0 Å². The van der Waals surface area contributed by atoms with E-state index in [1.807, 2.05) is 36.1 Å². The van der Waals surface area contributed by atoms with E-state index in [0.29, 0.717) is 6.79 Å².